The molecular formula is C44H76N2O7. The van der Waals surface area contributed by atoms with Crippen molar-refractivity contribution in [1.82, 2.24) is 10.6 Å². The molecule has 53 heavy (non-hydrogen) atoms. The minimum atomic E-state index is -1.39. The molecular weight excluding hydrogens is 668 g/mol. The van der Waals surface area contributed by atoms with Crippen LogP contribution in [0.4, 0.5) is 0 Å². The fourth-order valence-corrected chi connectivity index (χ4v) is 5.88. The van der Waals surface area contributed by atoms with Crippen LogP contribution in [0.1, 0.15) is 181 Å². The number of carbonyl (C=O) groups is 4. The van der Waals surface area contributed by atoms with Crippen LogP contribution >= 0.6 is 0 Å². The van der Waals surface area contributed by atoms with E-state index in [0.717, 1.165) is 83.5 Å². The van der Waals surface area contributed by atoms with Crippen LogP contribution in [0.3, 0.4) is 0 Å². The molecule has 0 bridgehead atoms. The third-order valence-electron chi connectivity index (χ3n) is 9.10. The molecule has 0 saturated heterocycles. The van der Waals surface area contributed by atoms with Crippen molar-refractivity contribution < 1.29 is 34.1 Å². The lowest BCUT2D eigenvalue weighted by molar-refractivity contribution is -0.150. The van der Waals surface area contributed by atoms with Gasteiger partial charge in [0.05, 0.1) is 13.2 Å². The van der Waals surface area contributed by atoms with E-state index in [4.69, 9.17) is 14.9 Å². The lowest BCUT2D eigenvalue weighted by atomic mass is 10.0. The van der Waals surface area contributed by atoms with Crippen molar-refractivity contribution in [3.8, 4) is 0 Å². The van der Waals surface area contributed by atoms with Gasteiger partial charge in [0.2, 0.25) is 11.8 Å². The van der Waals surface area contributed by atoms with Gasteiger partial charge in [-0.25, -0.2) is 4.79 Å². The van der Waals surface area contributed by atoms with Crippen molar-refractivity contribution in [2.45, 2.75) is 193 Å². The van der Waals surface area contributed by atoms with Crippen LogP contribution in [0, 0.1) is 0 Å². The van der Waals surface area contributed by atoms with Gasteiger partial charge in [-0.15, -0.1) is 0 Å². The molecule has 0 rings (SSSR count). The molecule has 0 aliphatic heterocycles. The Morgan fingerprint density at radius 1 is 0.585 bits per heavy atom. The van der Waals surface area contributed by atoms with E-state index in [2.05, 4.69) is 73.1 Å². The molecule has 0 aromatic heterocycles. The van der Waals surface area contributed by atoms with E-state index in [1.165, 1.54) is 64.2 Å². The first kappa shape index (κ1) is 49.8. The molecule has 0 aliphatic rings. The summed E-state index contributed by atoms with van der Waals surface area (Å²) in [4.78, 5) is 47.5. The Balaban J connectivity index is 4.43. The van der Waals surface area contributed by atoms with E-state index < -0.39 is 24.5 Å². The third-order valence-corrected chi connectivity index (χ3v) is 9.10. The summed E-state index contributed by atoms with van der Waals surface area (Å²) in [6.45, 7) is 3.35. The van der Waals surface area contributed by atoms with E-state index >= 15 is 0 Å². The molecule has 4 N–H and O–H groups in total. The second-order valence-corrected chi connectivity index (χ2v) is 14.1. The number of hydrogen-bond acceptors (Lipinski definition) is 6. The number of aliphatic hydroxyl groups excluding tert-OH is 1. The average molecular weight is 745 g/mol. The fourth-order valence-electron chi connectivity index (χ4n) is 5.88. The third kappa shape index (κ3) is 35.6. The number of amides is 2. The highest BCUT2D eigenvalue weighted by molar-refractivity contribution is 5.87. The van der Waals surface area contributed by atoms with Crippen molar-refractivity contribution in [3.63, 3.8) is 0 Å². The van der Waals surface area contributed by atoms with E-state index in [1.807, 2.05) is 0 Å². The molecule has 0 fully saturated rings. The standard InChI is InChI=1S/C44H76N2O7/c1-3-5-7-9-11-13-15-17-18-20-22-25-29-33-39(53-43(50)36-32-28-23-21-19-16-14-12-10-8-6-4-2)34-30-26-24-27-31-35-41(48)45-37-42(49)46-40(38-47)44(51)52/h5,7,11,13,17-18,22,25,39-40,47H,3-4,6,8-10,12,14-16,19-21,23-24,26-38H2,1-2H3,(H,45,48)(H,46,49)(H,51,52)/b7-5-,13-11-,18-17-,25-22-. The van der Waals surface area contributed by atoms with Crippen molar-refractivity contribution >= 4 is 23.8 Å². The Kier molecular flexibility index (Phi) is 36.2. The van der Waals surface area contributed by atoms with Crippen LogP contribution in [0.5, 0.6) is 0 Å². The number of nitrogens with one attached hydrogen (secondary N) is 2. The van der Waals surface area contributed by atoms with Gasteiger partial charge in [0, 0.05) is 12.8 Å². The Bertz CT molecular complexity index is 1040. The summed E-state index contributed by atoms with van der Waals surface area (Å²) in [5.41, 5.74) is 0. The summed E-state index contributed by atoms with van der Waals surface area (Å²) < 4.78 is 5.98. The van der Waals surface area contributed by atoms with Crippen molar-refractivity contribution in [3.05, 3.63) is 48.6 Å². The lowest BCUT2D eigenvalue weighted by Crippen LogP contribution is -2.47. The van der Waals surface area contributed by atoms with Gasteiger partial charge in [0.25, 0.3) is 0 Å². The molecule has 0 aromatic rings. The van der Waals surface area contributed by atoms with Gasteiger partial charge in [-0.05, 0) is 64.2 Å². The number of aliphatic hydroxyl groups is 1. The van der Waals surface area contributed by atoms with Crippen LogP contribution in [-0.4, -0.2) is 59.3 Å². The van der Waals surface area contributed by atoms with Gasteiger partial charge < -0.3 is 25.6 Å². The highest BCUT2D eigenvalue weighted by Gasteiger charge is 2.19. The monoisotopic (exact) mass is 745 g/mol. The maximum absolute atomic E-state index is 12.7. The zero-order chi connectivity index (χ0) is 39.0. The highest BCUT2D eigenvalue weighted by atomic mass is 16.5. The molecule has 0 aromatic carbocycles. The van der Waals surface area contributed by atoms with Gasteiger partial charge in [0.1, 0.15) is 12.1 Å². The molecule has 2 atom stereocenters. The summed E-state index contributed by atoms with van der Waals surface area (Å²) in [5, 5.41) is 22.5. The van der Waals surface area contributed by atoms with Gasteiger partial charge in [-0.3, -0.25) is 14.4 Å². The summed E-state index contributed by atoms with van der Waals surface area (Å²) in [5.74, 6) is -2.35. The SMILES string of the molecule is CC/C=C\C/C=C\C/C=C\C/C=C\CCC(CCCCCCCC(=O)NCC(=O)NC(CO)C(=O)O)OC(=O)CCCCCCCCCCCCCC. The number of carbonyl (C=O) groups excluding carboxylic acids is 3. The summed E-state index contributed by atoms with van der Waals surface area (Å²) in [6, 6.07) is -1.39. The molecule has 0 heterocycles. The van der Waals surface area contributed by atoms with E-state index in [-0.39, 0.29) is 30.9 Å². The number of rotatable bonds is 37. The minimum Gasteiger partial charge on any atom is -0.480 e. The highest BCUT2D eigenvalue weighted by Crippen LogP contribution is 2.17. The van der Waals surface area contributed by atoms with Gasteiger partial charge in [-0.1, -0.05) is 152 Å². The molecule has 2 amide bonds. The number of esters is 1. The van der Waals surface area contributed by atoms with E-state index in [9.17, 15) is 19.2 Å². The maximum Gasteiger partial charge on any atom is 0.328 e. The smallest absolute Gasteiger partial charge is 0.328 e. The molecule has 0 radical (unpaired) electrons. The fraction of sp³-hybridized carbons (Fsp3) is 0.727. The van der Waals surface area contributed by atoms with Crippen LogP contribution in [0.25, 0.3) is 0 Å². The largest absolute Gasteiger partial charge is 0.480 e. The topological polar surface area (TPSA) is 142 Å². The van der Waals surface area contributed by atoms with Crippen molar-refractivity contribution in [2.24, 2.45) is 0 Å². The van der Waals surface area contributed by atoms with Crippen LogP contribution in [-0.2, 0) is 23.9 Å². The average Bonchev–Trinajstić information content (AvgIpc) is 3.14. The second kappa shape index (κ2) is 38.5. The Morgan fingerprint density at radius 2 is 1.08 bits per heavy atom. The Hall–Kier alpha value is -3.20. The normalized spacial score (nSPS) is 13.0. The van der Waals surface area contributed by atoms with Crippen LogP contribution < -0.4 is 10.6 Å². The first-order valence-electron chi connectivity index (χ1n) is 21.0. The van der Waals surface area contributed by atoms with Gasteiger partial charge in [-0.2, -0.15) is 0 Å². The molecule has 9 nitrogen and oxygen atoms in total. The number of carboxylic acid groups (broad SMARTS) is 1. The molecule has 2 unspecified atom stereocenters. The summed E-state index contributed by atoms with van der Waals surface area (Å²) >= 11 is 0. The number of aliphatic carboxylic acids is 1. The molecule has 304 valence electrons. The predicted molar refractivity (Wildman–Crippen MR) is 217 cm³/mol. The number of hydrogen-bond donors (Lipinski definition) is 4. The van der Waals surface area contributed by atoms with Crippen molar-refractivity contribution in [1.29, 1.82) is 0 Å². The molecule has 0 aliphatic carbocycles. The van der Waals surface area contributed by atoms with E-state index in [0.29, 0.717) is 12.8 Å². The molecule has 0 saturated carbocycles. The quantitative estimate of drug-likeness (QED) is 0.0282. The summed E-state index contributed by atoms with van der Waals surface area (Å²) in [6.07, 6.45) is 44.2. The first-order valence-corrected chi connectivity index (χ1v) is 21.0. The lowest BCUT2D eigenvalue weighted by Gasteiger charge is -2.17. The van der Waals surface area contributed by atoms with Crippen LogP contribution in [0.15, 0.2) is 48.6 Å². The zero-order valence-electron chi connectivity index (χ0n) is 33.5. The number of unbranched alkanes of at least 4 members (excludes halogenated alkanes) is 15. The second-order valence-electron chi connectivity index (χ2n) is 14.1. The van der Waals surface area contributed by atoms with Gasteiger partial charge >= 0.3 is 11.9 Å². The predicted octanol–water partition coefficient (Wildman–Crippen LogP) is 9.98. The minimum absolute atomic E-state index is 0.0817. The zero-order valence-corrected chi connectivity index (χ0v) is 33.5. The van der Waals surface area contributed by atoms with Crippen molar-refractivity contribution in [2.75, 3.05) is 13.2 Å². The number of ether oxygens (including phenoxy) is 1. The maximum atomic E-state index is 12.7. The molecule has 9 heteroatoms. The Morgan fingerprint density at radius 3 is 1.60 bits per heavy atom. The van der Waals surface area contributed by atoms with Gasteiger partial charge in [0.15, 0.2) is 0 Å². The molecule has 0 spiro atoms. The summed E-state index contributed by atoms with van der Waals surface area (Å²) in [7, 11) is 0. The number of allylic oxidation sites excluding steroid dienone is 8. The number of carboxylic acids is 1. The van der Waals surface area contributed by atoms with E-state index in [1.54, 1.807) is 0 Å². The Labute approximate surface area is 322 Å². The first-order chi connectivity index (χ1) is 25.8. The van der Waals surface area contributed by atoms with Crippen LogP contribution in [0.2, 0.25) is 0 Å².